The van der Waals surface area contributed by atoms with Crippen molar-refractivity contribution in [1.29, 1.82) is 0 Å². The molecular weight excluding hydrogens is 418 g/mol. The number of hydrogen-bond donors (Lipinski definition) is 1. The van der Waals surface area contributed by atoms with E-state index in [0.717, 1.165) is 18.4 Å². The Labute approximate surface area is 196 Å². The van der Waals surface area contributed by atoms with Crippen LogP contribution in [0.3, 0.4) is 0 Å². The van der Waals surface area contributed by atoms with Crippen LogP contribution in [-0.4, -0.2) is 76.0 Å². The molecule has 2 saturated heterocycles. The van der Waals surface area contributed by atoms with Crippen LogP contribution in [0.2, 0.25) is 0 Å². The number of amides is 4. The highest BCUT2D eigenvalue weighted by molar-refractivity contribution is 5.91. The van der Waals surface area contributed by atoms with Gasteiger partial charge in [-0.15, -0.1) is 6.42 Å². The number of nitrogens with one attached hydrogen (secondary N) is 1. The van der Waals surface area contributed by atoms with Crippen LogP contribution in [0.4, 0.5) is 4.79 Å². The Hall–Kier alpha value is -3.05. The lowest BCUT2D eigenvalue weighted by atomic mass is 9.97. The second-order valence-corrected chi connectivity index (χ2v) is 9.08. The number of unbranched alkanes of at least 4 members (excludes halogenated alkanes) is 1. The summed E-state index contributed by atoms with van der Waals surface area (Å²) in [5.74, 6) is 2.59. The summed E-state index contributed by atoms with van der Waals surface area (Å²) in [5, 5.41) is 6.14. The van der Waals surface area contributed by atoms with Gasteiger partial charge < -0.3 is 15.1 Å². The van der Waals surface area contributed by atoms with Gasteiger partial charge in [-0.2, -0.15) is 5.01 Å². The van der Waals surface area contributed by atoms with Crippen LogP contribution in [0.5, 0.6) is 0 Å². The standard InChI is InChI=1S/C25H35N5O3/c1-5-7-14-27-17-22-29(21(24(27)32)15-19(3)4)23(31)18-28(13-6-2)30(22)25(33)26-16-20-11-9-8-10-12-20/h2,8-12,19,21-22H,5,7,13-18H2,1,3-4H3,(H,26,33)/t21-,22-/m0/s1. The van der Waals surface area contributed by atoms with Gasteiger partial charge in [0.15, 0.2) is 0 Å². The van der Waals surface area contributed by atoms with E-state index < -0.39 is 12.2 Å². The van der Waals surface area contributed by atoms with Gasteiger partial charge in [0, 0.05) is 13.1 Å². The van der Waals surface area contributed by atoms with Crippen LogP contribution in [0, 0.1) is 18.3 Å². The summed E-state index contributed by atoms with van der Waals surface area (Å²) in [6.07, 6.45) is 7.36. The zero-order valence-corrected chi connectivity index (χ0v) is 19.9. The van der Waals surface area contributed by atoms with Crippen molar-refractivity contribution in [2.24, 2.45) is 5.92 Å². The van der Waals surface area contributed by atoms with E-state index in [1.807, 2.05) is 49.1 Å². The first-order chi connectivity index (χ1) is 15.9. The van der Waals surface area contributed by atoms with Crippen molar-refractivity contribution in [3.05, 3.63) is 35.9 Å². The van der Waals surface area contributed by atoms with Gasteiger partial charge in [0.1, 0.15) is 12.2 Å². The molecule has 1 N–H and O–H groups in total. The maximum Gasteiger partial charge on any atom is 0.334 e. The Morgan fingerprint density at radius 3 is 2.61 bits per heavy atom. The van der Waals surface area contributed by atoms with Gasteiger partial charge in [-0.3, -0.25) is 9.59 Å². The van der Waals surface area contributed by atoms with Gasteiger partial charge in [-0.1, -0.05) is 63.4 Å². The van der Waals surface area contributed by atoms with Crippen molar-refractivity contribution in [2.75, 3.05) is 26.2 Å². The molecular formula is C25H35N5O3. The van der Waals surface area contributed by atoms with E-state index >= 15 is 0 Å². The summed E-state index contributed by atoms with van der Waals surface area (Å²) >= 11 is 0. The average Bonchev–Trinajstić information content (AvgIpc) is 2.79. The number of benzene rings is 1. The van der Waals surface area contributed by atoms with Crippen molar-refractivity contribution >= 4 is 17.8 Å². The highest BCUT2D eigenvalue weighted by Gasteiger charge is 2.51. The Kier molecular flexibility index (Phi) is 8.34. The molecule has 2 aliphatic heterocycles. The number of piperazine rings is 1. The van der Waals surface area contributed by atoms with Gasteiger partial charge >= 0.3 is 6.03 Å². The Bertz CT molecular complexity index is 882. The monoisotopic (exact) mass is 453 g/mol. The van der Waals surface area contributed by atoms with Crippen molar-refractivity contribution in [3.8, 4) is 12.3 Å². The molecule has 0 saturated carbocycles. The fourth-order valence-electron chi connectivity index (χ4n) is 4.52. The van der Waals surface area contributed by atoms with E-state index in [4.69, 9.17) is 6.42 Å². The maximum atomic E-state index is 13.4. The predicted octanol–water partition coefficient (Wildman–Crippen LogP) is 2.27. The zero-order valence-electron chi connectivity index (χ0n) is 19.9. The van der Waals surface area contributed by atoms with Crippen molar-refractivity contribution in [2.45, 2.75) is 58.8 Å². The lowest BCUT2D eigenvalue weighted by Gasteiger charge is -2.55. The third kappa shape index (κ3) is 5.66. The van der Waals surface area contributed by atoms with E-state index in [9.17, 15) is 14.4 Å². The molecule has 1 aromatic rings. The van der Waals surface area contributed by atoms with Crippen molar-refractivity contribution < 1.29 is 14.4 Å². The fourth-order valence-corrected chi connectivity index (χ4v) is 4.52. The van der Waals surface area contributed by atoms with Crippen LogP contribution < -0.4 is 5.32 Å². The molecule has 0 radical (unpaired) electrons. The van der Waals surface area contributed by atoms with Gasteiger partial charge in [0.25, 0.3) is 0 Å². The molecule has 0 unspecified atom stereocenters. The number of fused-ring (bicyclic) bond motifs is 1. The summed E-state index contributed by atoms with van der Waals surface area (Å²) in [5.41, 5.74) is 0.973. The van der Waals surface area contributed by atoms with Crippen LogP contribution in [0.25, 0.3) is 0 Å². The van der Waals surface area contributed by atoms with Gasteiger partial charge in [-0.25, -0.2) is 9.80 Å². The lowest BCUT2D eigenvalue weighted by molar-refractivity contribution is -0.189. The number of carbonyl (C=O) groups excluding carboxylic acids is 3. The molecule has 178 valence electrons. The zero-order chi connectivity index (χ0) is 24.0. The number of nitrogens with zero attached hydrogens (tertiary/aromatic N) is 4. The SMILES string of the molecule is C#CCN1CC(=O)N2[C@@H](CC(C)C)C(=O)N(CCCC)C[C@@H]2N1C(=O)NCc1ccccc1. The largest absolute Gasteiger partial charge is 0.337 e. The molecule has 1 aromatic carbocycles. The Morgan fingerprint density at radius 2 is 1.97 bits per heavy atom. The van der Waals surface area contributed by atoms with Crippen LogP contribution in [0.15, 0.2) is 30.3 Å². The second kappa shape index (κ2) is 11.2. The van der Waals surface area contributed by atoms with Crippen LogP contribution in [0.1, 0.15) is 45.6 Å². The van der Waals surface area contributed by atoms with Crippen LogP contribution in [-0.2, 0) is 16.1 Å². The summed E-state index contributed by atoms with van der Waals surface area (Å²) in [4.78, 5) is 43.4. The van der Waals surface area contributed by atoms with E-state index in [0.29, 0.717) is 19.5 Å². The van der Waals surface area contributed by atoms with Crippen LogP contribution >= 0.6 is 0 Å². The lowest BCUT2D eigenvalue weighted by Crippen LogP contribution is -2.76. The van der Waals surface area contributed by atoms with E-state index in [2.05, 4.69) is 18.2 Å². The second-order valence-electron chi connectivity index (χ2n) is 9.08. The first kappa shape index (κ1) is 24.6. The highest BCUT2D eigenvalue weighted by Crippen LogP contribution is 2.29. The normalized spacial score (nSPS) is 21.2. The smallest absolute Gasteiger partial charge is 0.334 e. The van der Waals surface area contributed by atoms with E-state index in [1.165, 1.54) is 0 Å². The first-order valence-corrected chi connectivity index (χ1v) is 11.8. The quantitative estimate of drug-likeness (QED) is 0.613. The van der Waals surface area contributed by atoms with E-state index in [-0.39, 0.29) is 43.4 Å². The molecule has 0 spiro atoms. The fraction of sp³-hybridized carbons (Fsp3) is 0.560. The molecule has 8 heteroatoms. The topological polar surface area (TPSA) is 76.2 Å². The predicted molar refractivity (Wildman–Crippen MR) is 126 cm³/mol. The summed E-state index contributed by atoms with van der Waals surface area (Å²) in [6, 6.07) is 8.74. The minimum atomic E-state index is -0.589. The first-order valence-electron chi connectivity index (χ1n) is 11.8. The third-order valence-corrected chi connectivity index (χ3v) is 6.07. The molecule has 2 aliphatic rings. The summed E-state index contributed by atoms with van der Waals surface area (Å²) < 4.78 is 0. The Morgan fingerprint density at radius 1 is 1.24 bits per heavy atom. The number of carbonyl (C=O) groups is 3. The molecule has 2 fully saturated rings. The molecule has 33 heavy (non-hydrogen) atoms. The third-order valence-electron chi connectivity index (χ3n) is 6.07. The van der Waals surface area contributed by atoms with E-state index in [1.54, 1.807) is 14.9 Å². The molecule has 2 atom stereocenters. The molecule has 4 amide bonds. The average molecular weight is 454 g/mol. The molecule has 8 nitrogen and oxygen atoms in total. The van der Waals surface area contributed by atoms with Crippen molar-refractivity contribution in [3.63, 3.8) is 0 Å². The molecule has 0 bridgehead atoms. The number of hydrazine groups is 1. The molecule has 0 aliphatic carbocycles. The Balaban J connectivity index is 1.91. The van der Waals surface area contributed by atoms with Crippen molar-refractivity contribution in [1.82, 2.24) is 25.1 Å². The maximum absolute atomic E-state index is 13.4. The minimum absolute atomic E-state index is 0.0307. The molecule has 0 aromatic heterocycles. The minimum Gasteiger partial charge on any atom is -0.337 e. The number of urea groups is 1. The summed E-state index contributed by atoms with van der Waals surface area (Å²) in [7, 11) is 0. The van der Waals surface area contributed by atoms with Gasteiger partial charge in [-0.05, 0) is 24.3 Å². The number of terminal acetylenes is 1. The number of hydrogen-bond acceptors (Lipinski definition) is 4. The highest BCUT2D eigenvalue weighted by atomic mass is 16.2. The number of rotatable bonds is 8. The van der Waals surface area contributed by atoms with Gasteiger partial charge in [0.2, 0.25) is 11.8 Å². The molecule has 3 rings (SSSR count). The van der Waals surface area contributed by atoms with Gasteiger partial charge in [0.05, 0.1) is 19.6 Å². The molecule has 2 heterocycles. The summed E-state index contributed by atoms with van der Waals surface area (Å²) in [6.45, 7) is 7.50.